The van der Waals surface area contributed by atoms with E-state index in [-0.39, 0.29) is 38.6 Å². The van der Waals surface area contributed by atoms with Crippen LogP contribution >= 0.6 is 11.8 Å². The second-order valence-corrected chi connectivity index (χ2v) is 16.5. The van der Waals surface area contributed by atoms with Crippen LogP contribution in [0.1, 0.15) is 50.3 Å². The molecule has 5 atom stereocenters. The summed E-state index contributed by atoms with van der Waals surface area (Å²) in [6, 6.07) is 19.2. The van der Waals surface area contributed by atoms with Gasteiger partial charge in [-0.1, -0.05) is 78.9 Å². The Morgan fingerprint density at radius 2 is 1.33 bits per heavy atom. The highest BCUT2D eigenvalue weighted by Crippen LogP contribution is 2.20. The molecule has 9 N–H and O–H groups in total. The third kappa shape index (κ3) is 15.3. The van der Waals surface area contributed by atoms with Gasteiger partial charge in [0.05, 0.1) is 5.92 Å². The van der Waals surface area contributed by atoms with Crippen molar-refractivity contribution in [1.29, 1.82) is 0 Å². The van der Waals surface area contributed by atoms with Gasteiger partial charge in [0.1, 0.15) is 29.8 Å². The van der Waals surface area contributed by atoms with Crippen molar-refractivity contribution in [2.24, 2.45) is 11.7 Å². The lowest BCUT2D eigenvalue weighted by molar-refractivity contribution is -0.147. The quantitative estimate of drug-likeness (QED) is 0.0574. The van der Waals surface area contributed by atoms with Crippen LogP contribution in [0.15, 0.2) is 91.1 Å². The number of carbonyl (C=O) groups excluding carboxylic acids is 6. The molecule has 61 heavy (non-hydrogen) atoms. The first kappa shape index (κ1) is 47.3. The van der Waals surface area contributed by atoms with Gasteiger partial charge >= 0.3 is 12.1 Å². The number of thioether (sulfide) groups is 1. The van der Waals surface area contributed by atoms with Gasteiger partial charge in [0, 0.05) is 42.9 Å². The van der Waals surface area contributed by atoms with E-state index in [1.54, 1.807) is 93.9 Å². The molecule has 0 saturated heterocycles. The zero-order valence-corrected chi connectivity index (χ0v) is 35.5. The summed E-state index contributed by atoms with van der Waals surface area (Å²) in [5.41, 5.74) is 7.70. The van der Waals surface area contributed by atoms with E-state index in [2.05, 4.69) is 31.6 Å². The number of hydrogen-bond acceptors (Lipinski definition) is 9. The van der Waals surface area contributed by atoms with Crippen LogP contribution in [0, 0.1) is 5.92 Å². The molecule has 3 aromatic carbocycles. The number of amides is 6. The topological polar surface area (TPSA) is 251 Å². The number of para-hydroxylation sites is 1. The Balaban J connectivity index is 1.61. The molecule has 4 aromatic rings. The molecule has 0 fully saturated rings. The number of aliphatic carboxylic acids is 1. The smallest absolute Gasteiger partial charge is 0.407 e. The second kappa shape index (κ2) is 22.9. The van der Waals surface area contributed by atoms with Gasteiger partial charge in [0.15, 0.2) is 0 Å². The highest BCUT2D eigenvalue weighted by molar-refractivity contribution is 7.98. The number of carbonyl (C=O) groups is 7. The Kier molecular flexibility index (Phi) is 17.7. The summed E-state index contributed by atoms with van der Waals surface area (Å²) in [4.78, 5) is 96.7. The Morgan fingerprint density at radius 1 is 0.738 bits per heavy atom. The number of aromatic nitrogens is 1. The maximum absolute atomic E-state index is 14.3. The Labute approximate surface area is 358 Å². The van der Waals surface area contributed by atoms with Crippen LogP contribution < -0.4 is 32.3 Å². The summed E-state index contributed by atoms with van der Waals surface area (Å²) in [6.45, 7) is 5.03. The van der Waals surface area contributed by atoms with Crippen molar-refractivity contribution >= 4 is 64.3 Å². The first-order chi connectivity index (χ1) is 29.0. The van der Waals surface area contributed by atoms with Crippen LogP contribution in [-0.4, -0.2) is 100 Å². The van der Waals surface area contributed by atoms with Crippen LogP contribution in [-0.2, 0) is 52.8 Å². The maximum Gasteiger partial charge on any atom is 0.407 e. The van der Waals surface area contributed by atoms with Crippen LogP contribution in [0.5, 0.6) is 0 Å². The minimum absolute atomic E-state index is 0.00596. The van der Waals surface area contributed by atoms with Crippen molar-refractivity contribution in [1.82, 2.24) is 31.6 Å². The number of carboxylic acids is 1. The monoisotopic (exact) mass is 857 g/mol. The van der Waals surface area contributed by atoms with Crippen LogP contribution in [0.4, 0.5) is 4.79 Å². The Hall–Kier alpha value is -6.36. The van der Waals surface area contributed by atoms with Crippen molar-refractivity contribution < 1.29 is 43.4 Å². The summed E-state index contributed by atoms with van der Waals surface area (Å²) < 4.78 is 5.23. The molecule has 0 bridgehead atoms. The molecule has 16 nitrogen and oxygen atoms in total. The van der Waals surface area contributed by atoms with E-state index in [9.17, 15) is 38.7 Å². The first-order valence-corrected chi connectivity index (χ1v) is 21.2. The lowest BCUT2D eigenvalue weighted by atomic mass is 9.90. The van der Waals surface area contributed by atoms with Gasteiger partial charge in [-0.3, -0.25) is 28.8 Å². The van der Waals surface area contributed by atoms with Crippen LogP contribution in [0.25, 0.3) is 10.9 Å². The minimum atomic E-state index is -1.73. The molecular weight excluding hydrogens is 803 g/mol. The fourth-order valence-corrected chi connectivity index (χ4v) is 6.99. The Bertz CT molecular complexity index is 2130. The average molecular weight is 858 g/mol. The van der Waals surface area contributed by atoms with Gasteiger partial charge in [0.2, 0.25) is 29.5 Å². The number of H-pyrrole nitrogens is 1. The van der Waals surface area contributed by atoms with E-state index in [0.29, 0.717) is 22.4 Å². The molecule has 326 valence electrons. The van der Waals surface area contributed by atoms with Crippen LogP contribution in [0.2, 0.25) is 0 Å². The van der Waals surface area contributed by atoms with E-state index in [0.717, 1.165) is 10.9 Å². The van der Waals surface area contributed by atoms with E-state index >= 15 is 0 Å². The SMILES string of the molecule is CSCC[C@H](NC(=O)[C@H](Cc1c[nH]c2ccccc12)NC(=O)CCNC(=O)OC(C)(C)C)C(=O)N[C@H](C(=O)N[C@@H](Cc1ccccc1)C(N)=O)C(Cc1ccccc1)C(=O)O. The number of rotatable bonds is 22. The normalized spacial score (nSPS) is 13.7. The van der Waals surface area contributed by atoms with Crippen molar-refractivity contribution in [3.63, 3.8) is 0 Å². The third-order valence-electron chi connectivity index (χ3n) is 9.56. The maximum atomic E-state index is 14.3. The van der Waals surface area contributed by atoms with Gasteiger partial charge in [0.25, 0.3) is 0 Å². The van der Waals surface area contributed by atoms with Crippen molar-refractivity contribution in [3.05, 3.63) is 108 Å². The molecule has 6 amide bonds. The molecule has 4 rings (SSSR count). The van der Waals surface area contributed by atoms with E-state index in [4.69, 9.17) is 10.5 Å². The molecule has 0 radical (unpaired) electrons. The molecule has 17 heteroatoms. The molecule has 0 aliphatic heterocycles. The number of nitrogens with two attached hydrogens (primary N) is 1. The number of primary amides is 1. The zero-order chi connectivity index (χ0) is 44.5. The summed E-state index contributed by atoms with van der Waals surface area (Å²) in [6.07, 6.45) is 2.53. The number of nitrogens with one attached hydrogen (secondary N) is 6. The number of ether oxygens (including phenoxy) is 1. The van der Waals surface area contributed by atoms with E-state index in [1.807, 2.05) is 24.3 Å². The van der Waals surface area contributed by atoms with Gasteiger partial charge in [-0.15, -0.1) is 0 Å². The average Bonchev–Trinajstić information content (AvgIpc) is 3.62. The van der Waals surface area contributed by atoms with Gasteiger partial charge in [-0.25, -0.2) is 4.79 Å². The molecule has 1 aromatic heterocycles. The number of alkyl carbamates (subject to hydrolysis) is 1. The summed E-state index contributed by atoms with van der Waals surface area (Å²) >= 11 is 1.39. The van der Waals surface area contributed by atoms with Gasteiger partial charge < -0.3 is 47.1 Å². The number of hydrogen-bond donors (Lipinski definition) is 8. The minimum Gasteiger partial charge on any atom is -0.481 e. The Morgan fingerprint density at radius 3 is 1.93 bits per heavy atom. The van der Waals surface area contributed by atoms with Gasteiger partial charge in [-0.05, 0) is 68.4 Å². The summed E-state index contributed by atoms with van der Waals surface area (Å²) in [7, 11) is 0. The van der Waals surface area contributed by atoms with E-state index in [1.165, 1.54) is 11.8 Å². The summed E-state index contributed by atoms with van der Waals surface area (Å²) in [5.74, 6) is -6.52. The standard InChI is InChI=1S/C44H55N7O9S/c1-44(2,3)60-43(59)46-21-19-36(52)48-35(25-29-26-47-32-18-12-11-17-30(29)32)40(55)49-33(20-22-61-4)39(54)51-37(31(42(57)58)23-27-13-7-5-8-14-27)41(56)50-34(38(45)53)24-28-15-9-6-10-16-28/h5-18,26,31,33-35,37,47H,19-25H2,1-4H3,(H2,45,53)(H,46,59)(H,48,52)(H,49,55)(H,50,56)(H,51,54)(H,57,58)/t31?,33-,34-,35-,37-/m0/s1. The van der Waals surface area contributed by atoms with Crippen molar-refractivity contribution in [2.45, 2.75) is 82.6 Å². The molecule has 1 unspecified atom stereocenters. The number of aromatic amines is 1. The molecular formula is C44H55N7O9S. The fourth-order valence-electron chi connectivity index (χ4n) is 6.52. The highest BCUT2D eigenvalue weighted by Gasteiger charge is 2.39. The molecule has 0 aliphatic carbocycles. The van der Waals surface area contributed by atoms with Crippen molar-refractivity contribution in [2.75, 3.05) is 18.6 Å². The lowest BCUT2D eigenvalue weighted by Gasteiger charge is -2.29. The number of fused-ring (bicyclic) bond motifs is 1. The molecule has 0 spiro atoms. The van der Waals surface area contributed by atoms with Gasteiger partial charge in [-0.2, -0.15) is 11.8 Å². The largest absolute Gasteiger partial charge is 0.481 e. The first-order valence-electron chi connectivity index (χ1n) is 19.9. The molecule has 0 aliphatic rings. The fraction of sp³-hybridized carbons (Fsp3) is 0.386. The number of carboxylic acid groups (broad SMARTS) is 1. The summed E-state index contributed by atoms with van der Waals surface area (Å²) in [5, 5.41) is 24.5. The predicted molar refractivity (Wildman–Crippen MR) is 232 cm³/mol. The van der Waals surface area contributed by atoms with Crippen LogP contribution in [0.3, 0.4) is 0 Å². The molecule has 1 heterocycles. The number of benzene rings is 3. The van der Waals surface area contributed by atoms with Crippen molar-refractivity contribution in [3.8, 4) is 0 Å². The zero-order valence-electron chi connectivity index (χ0n) is 34.7. The second-order valence-electron chi connectivity index (χ2n) is 15.5. The lowest BCUT2D eigenvalue weighted by Crippen LogP contribution is -2.61. The third-order valence-corrected chi connectivity index (χ3v) is 10.2. The predicted octanol–water partition coefficient (Wildman–Crippen LogP) is 2.99. The van der Waals surface area contributed by atoms with E-state index < -0.39 is 77.3 Å². The highest BCUT2D eigenvalue weighted by atomic mass is 32.2. The molecule has 0 saturated carbocycles.